The van der Waals surface area contributed by atoms with E-state index < -0.39 is 0 Å². The van der Waals surface area contributed by atoms with Gasteiger partial charge in [-0.2, -0.15) is 0 Å². The number of thiophene rings is 1. The van der Waals surface area contributed by atoms with Crippen molar-refractivity contribution in [2.45, 2.75) is 19.9 Å². The van der Waals surface area contributed by atoms with Crippen molar-refractivity contribution in [2.75, 3.05) is 32.7 Å². The molecule has 1 aliphatic rings. The quantitative estimate of drug-likeness (QED) is 0.846. The molecule has 0 bridgehead atoms. The van der Waals surface area contributed by atoms with Crippen LogP contribution >= 0.6 is 27.3 Å². The average Bonchev–Trinajstić information content (AvgIpc) is 3.04. The van der Waals surface area contributed by atoms with Gasteiger partial charge in [0, 0.05) is 18.0 Å². The third-order valence-corrected chi connectivity index (χ3v) is 5.38. The van der Waals surface area contributed by atoms with Crippen LogP contribution in [0.3, 0.4) is 0 Å². The Bertz CT molecular complexity index is 451. The highest BCUT2D eigenvalue weighted by molar-refractivity contribution is 9.11. The van der Waals surface area contributed by atoms with Gasteiger partial charge in [-0.25, -0.2) is 0 Å². The third-order valence-electron chi connectivity index (χ3n) is 3.77. The molecule has 1 saturated heterocycles. The fraction of sp³-hybridized carbons (Fsp3) is 0.643. The average molecular weight is 360 g/mol. The van der Waals surface area contributed by atoms with E-state index in [0.29, 0.717) is 19.0 Å². The van der Waals surface area contributed by atoms with Crippen LogP contribution in [0.2, 0.25) is 0 Å². The third kappa shape index (κ3) is 4.28. The van der Waals surface area contributed by atoms with Crippen LogP contribution in [0.4, 0.5) is 0 Å². The molecule has 2 N–H and O–H groups in total. The summed E-state index contributed by atoms with van der Waals surface area (Å²) in [6.45, 7) is 6.71. The molecule has 2 heterocycles. The lowest BCUT2D eigenvalue weighted by Crippen LogP contribution is -2.39. The van der Waals surface area contributed by atoms with Gasteiger partial charge in [0.15, 0.2) is 0 Å². The van der Waals surface area contributed by atoms with Crippen molar-refractivity contribution < 1.29 is 4.79 Å². The second-order valence-electron chi connectivity index (χ2n) is 5.24. The molecule has 0 saturated carbocycles. The fourth-order valence-electron chi connectivity index (χ4n) is 2.54. The number of carbonyl (C=O) groups is 1. The van der Waals surface area contributed by atoms with Gasteiger partial charge in [-0.1, -0.05) is 0 Å². The summed E-state index contributed by atoms with van der Waals surface area (Å²) in [5, 5.41) is 0. The highest BCUT2D eigenvalue weighted by atomic mass is 79.9. The molecule has 0 aromatic carbocycles. The van der Waals surface area contributed by atoms with Gasteiger partial charge in [-0.3, -0.25) is 9.69 Å². The Morgan fingerprint density at radius 1 is 1.60 bits per heavy atom. The first-order valence-electron chi connectivity index (χ1n) is 7.06. The van der Waals surface area contributed by atoms with Crippen LogP contribution in [0.5, 0.6) is 0 Å². The SMILES string of the molecule is CCN(Cc1ccc(Br)s1)C(=O)CN1CCC(CN)C1. The first-order valence-corrected chi connectivity index (χ1v) is 8.67. The molecule has 4 nitrogen and oxygen atoms in total. The topological polar surface area (TPSA) is 49.6 Å². The number of halogens is 1. The van der Waals surface area contributed by atoms with E-state index in [-0.39, 0.29) is 5.91 Å². The molecule has 2 rings (SSSR count). The largest absolute Gasteiger partial charge is 0.337 e. The van der Waals surface area contributed by atoms with Crippen molar-refractivity contribution >= 4 is 33.2 Å². The Balaban J connectivity index is 1.86. The van der Waals surface area contributed by atoms with E-state index in [1.165, 1.54) is 4.88 Å². The second kappa shape index (κ2) is 7.54. The minimum Gasteiger partial charge on any atom is -0.337 e. The first-order chi connectivity index (χ1) is 9.62. The standard InChI is InChI=1S/C14H22BrN3OS/c1-2-18(9-12-3-4-13(15)20-12)14(19)10-17-6-5-11(7-16)8-17/h3-4,11H,2,5-10,16H2,1H3. The Kier molecular flexibility index (Phi) is 6.01. The number of hydrogen-bond donors (Lipinski definition) is 1. The van der Waals surface area contributed by atoms with Crippen LogP contribution in [0.15, 0.2) is 15.9 Å². The van der Waals surface area contributed by atoms with Crippen molar-refractivity contribution in [3.8, 4) is 0 Å². The molecule has 1 fully saturated rings. The van der Waals surface area contributed by atoms with E-state index in [1.54, 1.807) is 11.3 Å². The summed E-state index contributed by atoms with van der Waals surface area (Å²) in [6.07, 6.45) is 1.12. The summed E-state index contributed by atoms with van der Waals surface area (Å²) in [5.74, 6) is 0.779. The Labute approximate surface area is 133 Å². The van der Waals surface area contributed by atoms with Crippen LogP contribution < -0.4 is 5.73 Å². The van der Waals surface area contributed by atoms with Crippen molar-refractivity contribution in [1.82, 2.24) is 9.80 Å². The summed E-state index contributed by atoms with van der Waals surface area (Å²) < 4.78 is 1.11. The van der Waals surface area contributed by atoms with Crippen molar-refractivity contribution in [3.63, 3.8) is 0 Å². The summed E-state index contributed by atoms with van der Waals surface area (Å²) in [7, 11) is 0. The smallest absolute Gasteiger partial charge is 0.237 e. The fourth-order valence-corrected chi connectivity index (χ4v) is 4.04. The van der Waals surface area contributed by atoms with Gasteiger partial charge in [-0.05, 0) is 60.4 Å². The summed E-state index contributed by atoms with van der Waals surface area (Å²) in [6, 6.07) is 4.11. The Morgan fingerprint density at radius 3 is 2.95 bits per heavy atom. The highest BCUT2D eigenvalue weighted by Crippen LogP contribution is 2.23. The first kappa shape index (κ1) is 15.9. The number of nitrogens with zero attached hydrogens (tertiary/aromatic N) is 2. The molecule has 1 amide bonds. The minimum absolute atomic E-state index is 0.217. The van der Waals surface area contributed by atoms with Crippen LogP contribution in [-0.2, 0) is 11.3 Å². The molecule has 1 atom stereocenters. The van der Waals surface area contributed by atoms with Crippen LogP contribution in [0, 0.1) is 5.92 Å². The molecule has 0 spiro atoms. The zero-order valence-electron chi connectivity index (χ0n) is 11.8. The van der Waals surface area contributed by atoms with E-state index >= 15 is 0 Å². The van der Waals surface area contributed by atoms with E-state index in [4.69, 9.17) is 5.73 Å². The van der Waals surface area contributed by atoms with Gasteiger partial charge in [0.2, 0.25) is 5.91 Å². The monoisotopic (exact) mass is 359 g/mol. The molecule has 1 aromatic rings. The molecule has 0 radical (unpaired) electrons. The van der Waals surface area contributed by atoms with Gasteiger partial charge in [0.25, 0.3) is 0 Å². The maximum atomic E-state index is 12.4. The van der Waals surface area contributed by atoms with Gasteiger partial charge in [0.05, 0.1) is 16.9 Å². The van der Waals surface area contributed by atoms with E-state index in [0.717, 1.165) is 36.4 Å². The van der Waals surface area contributed by atoms with E-state index in [9.17, 15) is 4.79 Å². The van der Waals surface area contributed by atoms with Gasteiger partial charge in [0.1, 0.15) is 0 Å². The molecule has 6 heteroatoms. The lowest BCUT2D eigenvalue weighted by atomic mass is 10.1. The second-order valence-corrected chi connectivity index (χ2v) is 7.79. The number of likely N-dealkylation sites (N-methyl/N-ethyl adjacent to an activating group) is 1. The van der Waals surface area contributed by atoms with Crippen LogP contribution in [0.25, 0.3) is 0 Å². The maximum absolute atomic E-state index is 12.4. The molecule has 112 valence electrons. The number of amides is 1. The zero-order chi connectivity index (χ0) is 14.5. The van der Waals surface area contributed by atoms with Gasteiger partial charge >= 0.3 is 0 Å². The molecular formula is C14H22BrN3OS. The normalized spacial score (nSPS) is 19.4. The Hall–Kier alpha value is -0.430. The predicted octanol–water partition coefficient (Wildman–Crippen LogP) is 2.14. The number of rotatable bonds is 6. The molecule has 20 heavy (non-hydrogen) atoms. The molecule has 1 unspecified atom stereocenters. The maximum Gasteiger partial charge on any atom is 0.237 e. The Morgan fingerprint density at radius 2 is 2.40 bits per heavy atom. The van der Waals surface area contributed by atoms with Gasteiger partial charge in [-0.15, -0.1) is 11.3 Å². The van der Waals surface area contributed by atoms with Crippen LogP contribution in [-0.4, -0.2) is 48.4 Å². The zero-order valence-corrected chi connectivity index (χ0v) is 14.3. The van der Waals surface area contributed by atoms with Crippen LogP contribution in [0.1, 0.15) is 18.2 Å². The highest BCUT2D eigenvalue weighted by Gasteiger charge is 2.24. The molecule has 0 aliphatic carbocycles. The van der Waals surface area contributed by atoms with E-state index in [2.05, 4.69) is 26.9 Å². The van der Waals surface area contributed by atoms with Gasteiger partial charge < -0.3 is 10.6 Å². The molecule has 1 aliphatic heterocycles. The predicted molar refractivity (Wildman–Crippen MR) is 86.7 cm³/mol. The number of hydrogen-bond acceptors (Lipinski definition) is 4. The lowest BCUT2D eigenvalue weighted by Gasteiger charge is -2.23. The number of likely N-dealkylation sites (tertiary alicyclic amines) is 1. The summed E-state index contributed by atoms with van der Waals surface area (Å²) in [4.78, 5) is 17.8. The van der Waals surface area contributed by atoms with E-state index in [1.807, 2.05) is 17.9 Å². The molecule has 1 aromatic heterocycles. The molecular weight excluding hydrogens is 338 g/mol. The summed E-state index contributed by atoms with van der Waals surface area (Å²) >= 11 is 5.15. The summed E-state index contributed by atoms with van der Waals surface area (Å²) in [5.41, 5.74) is 5.69. The lowest BCUT2D eigenvalue weighted by molar-refractivity contribution is -0.132. The van der Waals surface area contributed by atoms with Crippen molar-refractivity contribution in [1.29, 1.82) is 0 Å². The minimum atomic E-state index is 0.217. The number of carbonyl (C=O) groups excluding carboxylic acids is 1. The van der Waals surface area contributed by atoms with Crippen molar-refractivity contribution in [3.05, 3.63) is 20.8 Å². The number of nitrogens with two attached hydrogens (primary N) is 1. The van der Waals surface area contributed by atoms with Crippen molar-refractivity contribution in [2.24, 2.45) is 11.7 Å².